The zero-order valence-electron chi connectivity index (χ0n) is 15.8. The summed E-state index contributed by atoms with van der Waals surface area (Å²) in [5.41, 5.74) is 5.35. The molecule has 0 aliphatic carbocycles. The lowest BCUT2D eigenvalue weighted by molar-refractivity contribution is -0.110. The first kappa shape index (κ1) is 18.7. The number of likely N-dealkylation sites (N-methyl/N-ethyl adjacent to an activating group) is 1. The lowest BCUT2D eigenvalue weighted by Gasteiger charge is -2.12. The number of fused-ring (bicyclic) bond motifs is 2. The number of oxime groups is 1. The molecule has 0 spiro atoms. The molecule has 0 aromatic heterocycles. The fourth-order valence-electron chi connectivity index (χ4n) is 3.26. The van der Waals surface area contributed by atoms with Gasteiger partial charge < -0.3 is 20.4 Å². The Balaban J connectivity index is 1.75. The molecule has 6 nitrogen and oxygen atoms in total. The van der Waals surface area contributed by atoms with Crippen LogP contribution in [0.3, 0.4) is 0 Å². The summed E-state index contributed by atoms with van der Waals surface area (Å²) < 4.78 is 0.911. The van der Waals surface area contributed by atoms with Crippen LogP contribution in [0.5, 0.6) is 0 Å². The first-order valence-electron chi connectivity index (χ1n) is 9.19. The quantitative estimate of drug-likeness (QED) is 0.420. The highest BCUT2D eigenvalue weighted by atomic mass is 79.9. The third kappa shape index (κ3) is 3.43. The van der Waals surface area contributed by atoms with Crippen LogP contribution >= 0.6 is 15.9 Å². The van der Waals surface area contributed by atoms with Crippen molar-refractivity contribution in [2.45, 2.75) is 6.92 Å². The maximum atomic E-state index is 12.8. The van der Waals surface area contributed by atoms with Gasteiger partial charge in [0.15, 0.2) is 0 Å². The van der Waals surface area contributed by atoms with E-state index in [2.05, 4.69) is 43.5 Å². The molecule has 0 radical (unpaired) electrons. The Hall–Kier alpha value is -2.64. The van der Waals surface area contributed by atoms with Gasteiger partial charge in [-0.3, -0.25) is 4.79 Å². The number of nitrogens with one attached hydrogen (secondary N) is 2. The minimum Gasteiger partial charge on any atom is -0.394 e. The summed E-state index contributed by atoms with van der Waals surface area (Å²) >= 11 is 3.49. The van der Waals surface area contributed by atoms with E-state index in [9.17, 15) is 4.79 Å². The van der Waals surface area contributed by atoms with Crippen LogP contribution in [0.25, 0.3) is 5.57 Å². The van der Waals surface area contributed by atoms with Crippen LogP contribution < -0.4 is 10.6 Å². The van der Waals surface area contributed by atoms with Gasteiger partial charge in [-0.05, 0) is 37.9 Å². The lowest BCUT2D eigenvalue weighted by atomic mass is 10.0. The number of carbonyl (C=O) groups excluding carboxylic acids is 1. The molecule has 0 saturated carbocycles. The van der Waals surface area contributed by atoms with Crippen LogP contribution in [0.4, 0.5) is 11.4 Å². The van der Waals surface area contributed by atoms with Gasteiger partial charge >= 0.3 is 0 Å². The van der Waals surface area contributed by atoms with E-state index in [-0.39, 0.29) is 5.91 Å². The van der Waals surface area contributed by atoms with Gasteiger partial charge in [-0.25, -0.2) is 0 Å². The molecule has 28 heavy (non-hydrogen) atoms. The number of amides is 1. The molecule has 2 N–H and O–H groups in total. The van der Waals surface area contributed by atoms with Crippen molar-refractivity contribution in [1.29, 1.82) is 0 Å². The molecule has 2 heterocycles. The number of para-hydroxylation sites is 1. The predicted octanol–water partition coefficient (Wildman–Crippen LogP) is 3.91. The first-order chi connectivity index (χ1) is 13.6. The Morgan fingerprint density at radius 1 is 1.11 bits per heavy atom. The summed E-state index contributed by atoms with van der Waals surface area (Å²) in [6.07, 6.45) is 0. The predicted molar refractivity (Wildman–Crippen MR) is 115 cm³/mol. The molecule has 2 aromatic rings. The fraction of sp³-hybridized carbons (Fsp3) is 0.238. The van der Waals surface area contributed by atoms with Crippen molar-refractivity contribution < 1.29 is 9.63 Å². The average molecular weight is 441 g/mol. The van der Waals surface area contributed by atoms with Crippen molar-refractivity contribution in [2.24, 2.45) is 5.16 Å². The van der Waals surface area contributed by atoms with Gasteiger partial charge in [0.25, 0.3) is 5.91 Å². The van der Waals surface area contributed by atoms with E-state index in [0.29, 0.717) is 23.6 Å². The molecule has 0 fully saturated rings. The molecule has 0 saturated heterocycles. The molecule has 1 amide bonds. The highest BCUT2D eigenvalue weighted by molar-refractivity contribution is 9.10. The SMILES string of the molecule is CCN(C)CCO/N=C1/C(=C2/C(=O)Nc3ccc(Br)cc32)Nc2ccccc21. The number of halogens is 1. The van der Waals surface area contributed by atoms with Crippen molar-refractivity contribution in [1.82, 2.24) is 4.90 Å². The molecule has 4 rings (SSSR count). The molecule has 0 bridgehead atoms. The molecule has 0 atom stereocenters. The van der Waals surface area contributed by atoms with Gasteiger partial charge in [-0.2, -0.15) is 0 Å². The third-order valence-electron chi connectivity index (χ3n) is 4.91. The summed E-state index contributed by atoms with van der Waals surface area (Å²) in [5.74, 6) is -0.151. The average Bonchev–Trinajstić information content (AvgIpc) is 3.21. The summed E-state index contributed by atoms with van der Waals surface area (Å²) in [6.45, 7) is 4.31. The van der Waals surface area contributed by atoms with Gasteiger partial charge in [0.1, 0.15) is 12.3 Å². The largest absolute Gasteiger partial charge is 0.394 e. The van der Waals surface area contributed by atoms with Crippen LogP contribution in [-0.2, 0) is 9.63 Å². The van der Waals surface area contributed by atoms with Gasteiger partial charge in [-0.15, -0.1) is 0 Å². The highest BCUT2D eigenvalue weighted by Gasteiger charge is 2.34. The Morgan fingerprint density at radius 3 is 2.71 bits per heavy atom. The second-order valence-electron chi connectivity index (χ2n) is 6.73. The summed E-state index contributed by atoms with van der Waals surface area (Å²) in [7, 11) is 2.04. The lowest BCUT2D eigenvalue weighted by Crippen LogP contribution is -2.22. The fourth-order valence-corrected chi connectivity index (χ4v) is 3.62. The van der Waals surface area contributed by atoms with E-state index in [0.717, 1.165) is 40.1 Å². The molecule has 7 heteroatoms. The summed E-state index contributed by atoms with van der Waals surface area (Å²) in [6, 6.07) is 13.6. The summed E-state index contributed by atoms with van der Waals surface area (Å²) in [4.78, 5) is 20.5. The van der Waals surface area contributed by atoms with E-state index >= 15 is 0 Å². The normalized spacial score (nSPS) is 18.9. The number of rotatable bonds is 5. The number of allylic oxidation sites excluding steroid dienone is 1. The number of hydrogen-bond acceptors (Lipinski definition) is 5. The van der Waals surface area contributed by atoms with Crippen LogP contribution in [0.2, 0.25) is 0 Å². The Kier molecular flexibility index (Phi) is 5.19. The topological polar surface area (TPSA) is 66.0 Å². The van der Waals surface area contributed by atoms with Crippen molar-refractivity contribution >= 4 is 44.5 Å². The minimum atomic E-state index is -0.151. The van der Waals surface area contributed by atoms with E-state index in [1.807, 2.05) is 49.5 Å². The molecule has 2 aliphatic rings. The monoisotopic (exact) mass is 440 g/mol. The van der Waals surface area contributed by atoms with E-state index in [4.69, 9.17) is 4.84 Å². The number of hydrogen-bond donors (Lipinski definition) is 2. The standard InChI is InChI=1S/C21H21BrN4O2/c1-3-26(2)10-11-28-25-19-14-6-4-5-7-16(14)23-20(19)18-15-12-13(22)8-9-17(15)24-21(18)27/h4-9,12,23H,3,10-11H2,1-2H3,(H,24,27)/b20-18-,25-19+. The number of carbonyl (C=O) groups is 1. The Morgan fingerprint density at radius 2 is 1.89 bits per heavy atom. The Bertz CT molecular complexity index is 1000. The number of anilines is 2. The van der Waals surface area contributed by atoms with Gasteiger partial charge in [-0.1, -0.05) is 46.2 Å². The molecule has 0 unspecified atom stereocenters. The van der Waals surface area contributed by atoms with E-state index in [1.54, 1.807) is 0 Å². The molecule has 2 aliphatic heterocycles. The van der Waals surface area contributed by atoms with Crippen molar-refractivity contribution in [3.8, 4) is 0 Å². The highest BCUT2D eigenvalue weighted by Crippen LogP contribution is 2.40. The number of nitrogens with zero attached hydrogens (tertiary/aromatic N) is 2. The maximum Gasteiger partial charge on any atom is 0.258 e. The van der Waals surface area contributed by atoms with E-state index < -0.39 is 0 Å². The smallest absolute Gasteiger partial charge is 0.258 e. The van der Waals surface area contributed by atoms with Crippen molar-refractivity contribution in [3.63, 3.8) is 0 Å². The van der Waals surface area contributed by atoms with Crippen LogP contribution in [-0.4, -0.2) is 43.3 Å². The first-order valence-corrected chi connectivity index (χ1v) is 9.98. The van der Waals surface area contributed by atoms with Gasteiger partial charge in [0.2, 0.25) is 0 Å². The zero-order valence-corrected chi connectivity index (χ0v) is 17.3. The van der Waals surface area contributed by atoms with Gasteiger partial charge in [0, 0.05) is 33.5 Å². The third-order valence-corrected chi connectivity index (χ3v) is 5.41. The maximum absolute atomic E-state index is 12.8. The second-order valence-corrected chi connectivity index (χ2v) is 7.65. The summed E-state index contributed by atoms with van der Waals surface area (Å²) in [5, 5.41) is 10.7. The van der Waals surface area contributed by atoms with Gasteiger partial charge in [0.05, 0.1) is 11.3 Å². The van der Waals surface area contributed by atoms with Crippen LogP contribution in [0.15, 0.2) is 57.8 Å². The number of benzene rings is 2. The minimum absolute atomic E-state index is 0.151. The van der Waals surface area contributed by atoms with Crippen LogP contribution in [0, 0.1) is 0 Å². The molecular weight excluding hydrogens is 420 g/mol. The van der Waals surface area contributed by atoms with Crippen LogP contribution in [0.1, 0.15) is 18.1 Å². The van der Waals surface area contributed by atoms with Crippen molar-refractivity contribution in [3.05, 3.63) is 63.8 Å². The molecule has 144 valence electrons. The zero-order chi connectivity index (χ0) is 19.7. The van der Waals surface area contributed by atoms with Crippen molar-refractivity contribution in [2.75, 3.05) is 37.4 Å². The molecular formula is C21H21BrN4O2. The second kappa shape index (κ2) is 7.77. The molecule has 2 aromatic carbocycles. The Labute approximate surface area is 172 Å². The van der Waals surface area contributed by atoms with E-state index in [1.165, 1.54) is 0 Å².